The molecule has 2 aliphatic rings. The molecule has 0 bridgehead atoms. The molecule has 2 aliphatic heterocycles. The van der Waals surface area contributed by atoms with Crippen LogP contribution in [0.5, 0.6) is 0 Å². The van der Waals surface area contributed by atoms with Gasteiger partial charge in [-0.05, 0) is 42.0 Å². The van der Waals surface area contributed by atoms with Crippen LogP contribution in [0.15, 0.2) is 65.8 Å². The molecule has 0 amide bonds. The largest absolute Gasteiger partial charge is 0.347 e. The van der Waals surface area contributed by atoms with Crippen LogP contribution in [-0.2, 0) is 10.3 Å². The van der Waals surface area contributed by atoms with Crippen molar-refractivity contribution in [2.24, 2.45) is 5.92 Å². The van der Waals surface area contributed by atoms with Crippen LogP contribution in [0.25, 0.3) is 0 Å². The second kappa shape index (κ2) is 4.46. The van der Waals surface area contributed by atoms with Crippen LogP contribution in [0, 0.1) is 5.92 Å². The molecule has 2 aromatic rings. The molecular formula is C18H17NOS. The molecule has 0 radical (unpaired) electrons. The summed E-state index contributed by atoms with van der Waals surface area (Å²) in [4.78, 5) is 5.34. The zero-order chi connectivity index (χ0) is 14.5. The van der Waals surface area contributed by atoms with E-state index in [9.17, 15) is 0 Å². The number of fused-ring (bicyclic) bond motifs is 1. The highest BCUT2D eigenvalue weighted by Crippen LogP contribution is 2.66. The number of aromatic nitrogens is 1. The van der Waals surface area contributed by atoms with E-state index in [4.69, 9.17) is 4.74 Å². The predicted molar refractivity (Wildman–Crippen MR) is 85.8 cm³/mol. The van der Waals surface area contributed by atoms with Gasteiger partial charge >= 0.3 is 0 Å². The number of rotatable bonds is 2. The topological polar surface area (TPSA) is 22.1 Å². The van der Waals surface area contributed by atoms with Crippen LogP contribution in [0.3, 0.4) is 0 Å². The molecule has 0 saturated carbocycles. The van der Waals surface area contributed by atoms with E-state index in [2.05, 4.69) is 61.3 Å². The van der Waals surface area contributed by atoms with E-state index in [1.165, 1.54) is 16.0 Å². The van der Waals surface area contributed by atoms with Gasteiger partial charge in [-0.1, -0.05) is 48.2 Å². The quantitative estimate of drug-likeness (QED) is 0.823. The molecule has 0 spiro atoms. The number of nitrogens with zero attached hydrogens (tertiary/aromatic N) is 1. The number of benzene rings is 1. The molecule has 1 fully saturated rings. The minimum Gasteiger partial charge on any atom is -0.347 e. The lowest BCUT2D eigenvalue weighted by molar-refractivity contribution is -0.238. The molecule has 3 atom stereocenters. The second-order valence-electron chi connectivity index (χ2n) is 5.81. The molecule has 2 nitrogen and oxygen atoms in total. The number of hydrogen-bond acceptors (Lipinski definition) is 3. The SMILES string of the molecule is CC1=C[C@H]2[C@@](c3ccccc3)(c3ccncc3)O[C@@]2(C)S1. The number of pyridine rings is 1. The Morgan fingerprint density at radius 1 is 1.05 bits per heavy atom. The minimum atomic E-state index is -0.385. The van der Waals surface area contributed by atoms with Crippen molar-refractivity contribution in [3.8, 4) is 0 Å². The Balaban J connectivity index is 1.90. The Morgan fingerprint density at radius 2 is 1.71 bits per heavy atom. The van der Waals surface area contributed by atoms with Crippen LogP contribution < -0.4 is 0 Å². The van der Waals surface area contributed by atoms with Crippen molar-refractivity contribution >= 4 is 11.8 Å². The van der Waals surface area contributed by atoms with Crippen molar-refractivity contribution in [3.63, 3.8) is 0 Å². The average Bonchev–Trinajstić information content (AvgIpc) is 2.75. The van der Waals surface area contributed by atoms with Gasteiger partial charge in [0, 0.05) is 12.4 Å². The Kier molecular flexibility index (Phi) is 2.78. The molecule has 1 aromatic heterocycles. The summed E-state index contributed by atoms with van der Waals surface area (Å²) >= 11 is 1.83. The van der Waals surface area contributed by atoms with Gasteiger partial charge in [0.05, 0.1) is 5.92 Å². The summed E-state index contributed by atoms with van der Waals surface area (Å²) in [6.45, 7) is 4.36. The summed E-state index contributed by atoms with van der Waals surface area (Å²) in [5.41, 5.74) is 2.01. The summed E-state index contributed by atoms with van der Waals surface area (Å²) in [5, 5.41) is 0. The molecule has 21 heavy (non-hydrogen) atoms. The maximum Gasteiger partial charge on any atom is 0.130 e. The van der Waals surface area contributed by atoms with E-state index in [-0.39, 0.29) is 10.5 Å². The first kappa shape index (κ1) is 13.1. The fourth-order valence-electron chi connectivity index (χ4n) is 3.63. The summed E-state index contributed by atoms with van der Waals surface area (Å²) in [6, 6.07) is 14.7. The van der Waals surface area contributed by atoms with Gasteiger partial charge in [0.1, 0.15) is 10.5 Å². The van der Waals surface area contributed by atoms with Crippen molar-refractivity contribution in [2.75, 3.05) is 0 Å². The van der Waals surface area contributed by atoms with Crippen LogP contribution in [0.1, 0.15) is 25.0 Å². The third kappa shape index (κ3) is 1.74. The Labute approximate surface area is 129 Å². The molecule has 0 unspecified atom stereocenters. The predicted octanol–water partition coefficient (Wildman–Crippen LogP) is 4.34. The summed E-state index contributed by atoms with van der Waals surface area (Å²) in [5.74, 6) is 0.347. The third-order valence-corrected chi connectivity index (χ3v) is 5.64. The van der Waals surface area contributed by atoms with Gasteiger partial charge in [0.15, 0.2) is 0 Å². The summed E-state index contributed by atoms with van der Waals surface area (Å²) in [7, 11) is 0. The minimum absolute atomic E-state index is 0.150. The summed E-state index contributed by atoms with van der Waals surface area (Å²) < 4.78 is 6.56. The van der Waals surface area contributed by atoms with Crippen LogP contribution >= 0.6 is 11.8 Å². The lowest BCUT2D eigenvalue weighted by Gasteiger charge is -2.58. The first-order valence-electron chi connectivity index (χ1n) is 7.19. The Hall–Kier alpha value is -1.58. The Bertz CT molecular complexity index is 658. The zero-order valence-electron chi connectivity index (χ0n) is 12.1. The molecule has 1 saturated heterocycles. The maximum absolute atomic E-state index is 6.56. The van der Waals surface area contributed by atoms with Crippen LogP contribution in [0.4, 0.5) is 0 Å². The lowest BCUT2D eigenvalue weighted by atomic mass is 9.68. The highest BCUT2D eigenvalue weighted by molar-refractivity contribution is 8.04. The van der Waals surface area contributed by atoms with E-state index in [1.807, 2.05) is 30.2 Å². The zero-order valence-corrected chi connectivity index (χ0v) is 12.9. The number of ether oxygens (including phenoxy) is 1. The molecule has 4 rings (SSSR count). The third-order valence-electron chi connectivity index (χ3n) is 4.44. The van der Waals surface area contributed by atoms with E-state index >= 15 is 0 Å². The van der Waals surface area contributed by atoms with Crippen LogP contribution in [-0.4, -0.2) is 9.92 Å². The molecular weight excluding hydrogens is 278 g/mol. The van der Waals surface area contributed by atoms with Gasteiger partial charge in [-0.15, -0.1) is 0 Å². The van der Waals surface area contributed by atoms with Gasteiger partial charge in [-0.25, -0.2) is 0 Å². The van der Waals surface area contributed by atoms with E-state index in [0.29, 0.717) is 5.92 Å². The van der Waals surface area contributed by atoms with Crippen molar-refractivity contribution in [2.45, 2.75) is 24.4 Å². The highest BCUT2D eigenvalue weighted by Gasteiger charge is 2.66. The van der Waals surface area contributed by atoms with E-state index in [1.54, 1.807) is 0 Å². The van der Waals surface area contributed by atoms with E-state index < -0.39 is 0 Å². The van der Waals surface area contributed by atoms with Gasteiger partial charge in [0.25, 0.3) is 0 Å². The molecule has 0 aliphatic carbocycles. The molecule has 3 heteroatoms. The second-order valence-corrected chi connectivity index (χ2v) is 7.47. The summed E-state index contributed by atoms with van der Waals surface area (Å²) in [6.07, 6.45) is 6.05. The fourth-order valence-corrected chi connectivity index (χ4v) is 5.01. The van der Waals surface area contributed by atoms with E-state index in [0.717, 1.165) is 0 Å². The van der Waals surface area contributed by atoms with Crippen LogP contribution in [0.2, 0.25) is 0 Å². The average molecular weight is 295 g/mol. The first-order chi connectivity index (χ1) is 10.2. The number of allylic oxidation sites excluding steroid dienone is 1. The molecule has 1 aromatic carbocycles. The van der Waals surface area contributed by atoms with Crippen molar-refractivity contribution in [1.82, 2.24) is 4.98 Å². The van der Waals surface area contributed by atoms with Crippen molar-refractivity contribution in [3.05, 3.63) is 77.0 Å². The smallest absolute Gasteiger partial charge is 0.130 e. The van der Waals surface area contributed by atoms with Gasteiger partial charge < -0.3 is 4.74 Å². The molecule has 106 valence electrons. The normalized spacial score (nSPS) is 34.0. The highest BCUT2D eigenvalue weighted by atomic mass is 32.2. The molecule has 3 heterocycles. The first-order valence-corrected chi connectivity index (χ1v) is 8.00. The maximum atomic E-state index is 6.56. The number of thioether (sulfide) groups is 1. The van der Waals surface area contributed by atoms with Gasteiger partial charge in [0.2, 0.25) is 0 Å². The number of hydrogen-bond donors (Lipinski definition) is 0. The molecule has 0 N–H and O–H groups in total. The standard InChI is InChI=1S/C18H17NOS/c1-13-12-16-17(2,21-13)20-18(16,14-6-4-3-5-7-14)15-8-10-19-11-9-15/h3-12,16H,1-2H3/t16-,17+,18-/m1/s1. The van der Waals surface area contributed by atoms with Gasteiger partial charge in [-0.2, -0.15) is 0 Å². The Morgan fingerprint density at radius 3 is 2.38 bits per heavy atom. The van der Waals surface area contributed by atoms with Crippen molar-refractivity contribution < 1.29 is 4.74 Å². The monoisotopic (exact) mass is 295 g/mol. The van der Waals surface area contributed by atoms with Crippen molar-refractivity contribution in [1.29, 1.82) is 0 Å². The lowest BCUT2D eigenvalue weighted by Crippen LogP contribution is -2.61. The van der Waals surface area contributed by atoms with Gasteiger partial charge in [-0.3, -0.25) is 4.98 Å². The fraction of sp³-hybridized carbons (Fsp3) is 0.278.